The van der Waals surface area contributed by atoms with Crippen LogP contribution >= 0.6 is 0 Å². The largest absolute Gasteiger partial charge is 0.459 e. The van der Waals surface area contributed by atoms with E-state index in [2.05, 4.69) is 21.6 Å². The van der Waals surface area contributed by atoms with Gasteiger partial charge in [0, 0.05) is 5.69 Å². The minimum Gasteiger partial charge on any atom is -0.459 e. The van der Waals surface area contributed by atoms with E-state index in [1.165, 1.54) is 6.26 Å². The fourth-order valence-corrected chi connectivity index (χ4v) is 2.77. The molecule has 0 saturated carbocycles. The van der Waals surface area contributed by atoms with Gasteiger partial charge in [-0.3, -0.25) is 9.69 Å². The molecule has 2 aromatic heterocycles. The Morgan fingerprint density at radius 1 is 1.32 bits per heavy atom. The number of carbonyl (C=O) groups excluding carboxylic acids is 1. The maximum atomic E-state index is 12.7. The quantitative estimate of drug-likeness (QED) is 0.638. The predicted molar refractivity (Wildman–Crippen MR) is 102 cm³/mol. The molecule has 8 nitrogen and oxygen atoms in total. The molecular weight excluding hydrogens is 358 g/mol. The number of carbonyl (C=O) groups is 1. The fourth-order valence-electron chi connectivity index (χ4n) is 2.77. The maximum absolute atomic E-state index is 12.7. The number of nitrogens with zero attached hydrogens (tertiary/aromatic N) is 4. The van der Waals surface area contributed by atoms with Gasteiger partial charge in [-0.25, -0.2) is 0 Å². The molecule has 3 rings (SSSR count). The summed E-state index contributed by atoms with van der Waals surface area (Å²) in [6.45, 7) is 4.89. The Bertz CT molecular complexity index is 958. The van der Waals surface area contributed by atoms with Crippen molar-refractivity contribution in [1.29, 1.82) is 5.26 Å². The second-order valence-electron chi connectivity index (χ2n) is 6.31. The summed E-state index contributed by atoms with van der Waals surface area (Å²) in [6.07, 6.45) is 2.40. The summed E-state index contributed by atoms with van der Waals surface area (Å²) in [7, 11) is 0. The number of aromatic nitrogens is 2. The third kappa shape index (κ3) is 4.64. The lowest BCUT2D eigenvalue weighted by atomic mass is 10.2. The summed E-state index contributed by atoms with van der Waals surface area (Å²) in [5.41, 5.74) is 1.08. The molecule has 8 heteroatoms. The Morgan fingerprint density at radius 2 is 2.18 bits per heavy atom. The lowest BCUT2D eigenvalue weighted by Crippen LogP contribution is -2.42. The van der Waals surface area contributed by atoms with E-state index in [4.69, 9.17) is 14.1 Å². The standard InChI is InChI=1S/C20H21N5O3/c1-3-9-25(13-18-23-24-20(28-18)17-8-5-10-27-17)14(2)19(26)22-16-7-4-6-15(11-16)12-21/h4-8,10-11,14H,3,9,13H2,1-2H3,(H,22,26)/t14-/m1/s1. The zero-order valence-electron chi connectivity index (χ0n) is 15.8. The summed E-state index contributed by atoms with van der Waals surface area (Å²) >= 11 is 0. The normalized spacial score (nSPS) is 11.9. The molecule has 0 radical (unpaired) electrons. The van der Waals surface area contributed by atoms with Crippen LogP contribution < -0.4 is 5.32 Å². The van der Waals surface area contributed by atoms with E-state index >= 15 is 0 Å². The van der Waals surface area contributed by atoms with Crippen molar-refractivity contribution in [2.45, 2.75) is 32.9 Å². The van der Waals surface area contributed by atoms with E-state index in [9.17, 15) is 4.79 Å². The Labute approximate surface area is 162 Å². The van der Waals surface area contributed by atoms with Crippen molar-refractivity contribution >= 4 is 11.6 Å². The van der Waals surface area contributed by atoms with Crippen LogP contribution in [-0.2, 0) is 11.3 Å². The van der Waals surface area contributed by atoms with Gasteiger partial charge < -0.3 is 14.2 Å². The number of hydrogen-bond acceptors (Lipinski definition) is 7. The zero-order chi connectivity index (χ0) is 19.9. The third-order valence-corrected chi connectivity index (χ3v) is 4.23. The molecule has 1 N–H and O–H groups in total. The molecular formula is C20H21N5O3. The molecule has 1 amide bonds. The first-order valence-corrected chi connectivity index (χ1v) is 9.02. The third-order valence-electron chi connectivity index (χ3n) is 4.23. The summed E-state index contributed by atoms with van der Waals surface area (Å²) in [4.78, 5) is 14.7. The van der Waals surface area contributed by atoms with Crippen molar-refractivity contribution in [3.05, 3.63) is 54.1 Å². The van der Waals surface area contributed by atoms with E-state index in [-0.39, 0.29) is 5.91 Å². The fraction of sp³-hybridized carbons (Fsp3) is 0.300. The molecule has 2 heterocycles. The number of nitriles is 1. The lowest BCUT2D eigenvalue weighted by Gasteiger charge is -2.26. The van der Waals surface area contributed by atoms with Gasteiger partial charge >= 0.3 is 0 Å². The molecule has 3 aromatic rings. The molecule has 0 aliphatic carbocycles. The topological polar surface area (TPSA) is 108 Å². The number of benzene rings is 1. The Balaban J connectivity index is 1.68. The average Bonchev–Trinajstić information content (AvgIpc) is 3.39. The van der Waals surface area contributed by atoms with E-state index in [0.29, 0.717) is 41.9 Å². The van der Waals surface area contributed by atoms with Crippen molar-refractivity contribution in [1.82, 2.24) is 15.1 Å². The molecule has 28 heavy (non-hydrogen) atoms. The van der Waals surface area contributed by atoms with E-state index < -0.39 is 6.04 Å². The lowest BCUT2D eigenvalue weighted by molar-refractivity contribution is -0.121. The van der Waals surface area contributed by atoms with Crippen LogP contribution in [0.4, 0.5) is 5.69 Å². The van der Waals surface area contributed by atoms with Crippen molar-refractivity contribution < 1.29 is 13.6 Å². The van der Waals surface area contributed by atoms with E-state index in [1.54, 1.807) is 36.4 Å². The molecule has 0 spiro atoms. The van der Waals surface area contributed by atoms with Crippen LogP contribution in [0.1, 0.15) is 31.7 Å². The maximum Gasteiger partial charge on any atom is 0.283 e. The highest BCUT2D eigenvalue weighted by Gasteiger charge is 2.23. The first kappa shape index (κ1) is 19.3. The minimum absolute atomic E-state index is 0.172. The number of anilines is 1. The molecule has 0 aliphatic rings. The summed E-state index contributed by atoms with van der Waals surface area (Å²) in [6, 6.07) is 11.9. The second kappa shape index (κ2) is 8.97. The van der Waals surface area contributed by atoms with Crippen molar-refractivity contribution in [3.8, 4) is 17.7 Å². The number of nitrogens with one attached hydrogen (secondary N) is 1. The highest BCUT2D eigenvalue weighted by molar-refractivity contribution is 5.94. The predicted octanol–water partition coefficient (Wildman–Crippen LogP) is 3.44. The second-order valence-corrected chi connectivity index (χ2v) is 6.31. The van der Waals surface area contributed by atoms with Crippen LogP contribution in [0.2, 0.25) is 0 Å². The summed E-state index contributed by atoms with van der Waals surface area (Å²) in [5, 5.41) is 19.9. The number of rotatable bonds is 8. The van der Waals surface area contributed by atoms with Gasteiger partial charge in [-0.15, -0.1) is 10.2 Å². The Hall–Kier alpha value is -3.44. The molecule has 0 fully saturated rings. The highest BCUT2D eigenvalue weighted by atomic mass is 16.4. The molecule has 0 saturated heterocycles. The van der Waals surface area contributed by atoms with Gasteiger partial charge in [0.05, 0.1) is 30.5 Å². The molecule has 144 valence electrons. The van der Waals surface area contributed by atoms with Gasteiger partial charge in [-0.1, -0.05) is 13.0 Å². The molecule has 1 aromatic carbocycles. The monoisotopic (exact) mass is 379 g/mol. The van der Waals surface area contributed by atoms with Crippen LogP contribution in [0.25, 0.3) is 11.7 Å². The molecule has 0 aliphatic heterocycles. The van der Waals surface area contributed by atoms with Gasteiger partial charge in [0.15, 0.2) is 5.76 Å². The van der Waals surface area contributed by atoms with Crippen molar-refractivity contribution in [3.63, 3.8) is 0 Å². The Morgan fingerprint density at radius 3 is 2.89 bits per heavy atom. The zero-order valence-corrected chi connectivity index (χ0v) is 15.8. The number of hydrogen-bond donors (Lipinski definition) is 1. The SMILES string of the molecule is CCCN(Cc1nnc(-c2ccco2)o1)[C@H](C)C(=O)Nc1cccc(C#N)c1. The Kier molecular flexibility index (Phi) is 6.19. The molecule has 1 atom stereocenters. The van der Waals surface area contributed by atoms with Crippen LogP contribution in [0.15, 0.2) is 51.5 Å². The van der Waals surface area contributed by atoms with E-state index in [0.717, 1.165) is 6.42 Å². The molecule has 0 unspecified atom stereocenters. The number of furan rings is 1. The summed E-state index contributed by atoms with van der Waals surface area (Å²) < 4.78 is 10.9. The first-order valence-electron chi connectivity index (χ1n) is 9.02. The van der Waals surface area contributed by atoms with Crippen LogP contribution in [0, 0.1) is 11.3 Å². The number of amides is 1. The average molecular weight is 379 g/mol. The van der Waals surface area contributed by atoms with Gasteiger partial charge in [0.25, 0.3) is 5.89 Å². The highest BCUT2D eigenvalue weighted by Crippen LogP contribution is 2.19. The van der Waals surface area contributed by atoms with Crippen LogP contribution in [0.3, 0.4) is 0 Å². The van der Waals surface area contributed by atoms with Crippen LogP contribution in [-0.4, -0.2) is 33.6 Å². The van der Waals surface area contributed by atoms with Crippen molar-refractivity contribution in [2.75, 3.05) is 11.9 Å². The van der Waals surface area contributed by atoms with Gasteiger partial charge in [0.1, 0.15) is 0 Å². The van der Waals surface area contributed by atoms with Gasteiger partial charge in [0.2, 0.25) is 11.8 Å². The first-order chi connectivity index (χ1) is 13.6. The smallest absolute Gasteiger partial charge is 0.283 e. The van der Waals surface area contributed by atoms with Crippen molar-refractivity contribution in [2.24, 2.45) is 0 Å². The van der Waals surface area contributed by atoms with Gasteiger partial charge in [-0.05, 0) is 50.2 Å². The van der Waals surface area contributed by atoms with Gasteiger partial charge in [-0.2, -0.15) is 5.26 Å². The molecule has 0 bridgehead atoms. The minimum atomic E-state index is -0.426. The van der Waals surface area contributed by atoms with E-state index in [1.807, 2.05) is 18.7 Å². The van der Waals surface area contributed by atoms with Crippen LogP contribution in [0.5, 0.6) is 0 Å². The summed E-state index contributed by atoms with van der Waals surface area (Å²) in [5.74, 6) is 1.05.